The Morgan fingerprint density at radius 1 is 0.839 bits per heavy atom. The van der Waals surface area contributed by atoms with Crippen molar-refractivity contribution in [3.8, 4) is 0 Å². The number of carbonyl (C=O) groups is 3. The molecule has 0 unspecified atom stereocenters. The molecule has 0 heterocycles. The summed E-state index contributed by atoms with van der Waals surface area (Å²) in [7, 11) is 0. The van der Waals surface area contributed by atoms with Gasteiger partial charge in [-0.1, -0.05) is 40.2 Å². The van der Waals surface area contributed by atoms with Crippen LogP contribution in [0.4, 0.5) is 11.4 Å². The highest BCUT2D eigenvalue weighted by atomic mass is 79.9. The van der Waals surface area contributed by atoms with Crippen molar-refractivity contribution in [3.05, 3.63) is 94.0 Å². The van der Waals surface area contributed by atoms with Crippen LogP contribution in [0.2, 0.25) is 0 Å². The number of benzene rings is 3. The summed E-state index contributed by atoms with van der Waals surface area (Å²) >= 11 is 3.33. The Morgan fingerprint density at radius 2 is 1.52 bits per heavy atom. The summed E-state index contributed by atoms with van der Waals surface area (Å²) in [5, 5.41) is 9.40. The van der Waals surface area contributed by atoms with Gasteiger partial charge < -0.3 is 10.6 Å². The molecule has 0 bridgehead atoms. The van der Waals surface area contributed by atoms with E-state index in [1.807, 2.05) is 0 Å². The van der Waals surface area contributed by atoms with Crippen molar-refractivity contribution in [3.63, 3.8) is 0 Å². The van der Waals surface area contributed by atoms with E-state index in [1.165, 1.54) is 13.1 Å². The minimum absolute atomic E-state index is 0.153. The van der Waals surface area contributed by atoms with Crippen LogP contribution in [-0.2, 0) is 4.79 Å². The highest BCUT2D eigenvalue weighted by molar-refractivity contribution is 9.10. The topological polar surface area (TPSA) is 99.7 Å². The fraction of sp³-hybridized carbons (Fsp3) is 0.0435. The summed E-state index contributed by atoms with van der Waals surface area (Å²) < 4.78 is 0.867. The monoisotopic (exact) mass is 478 g/mol. The van der Waals surface area contributed by atoms with Crippen LogP contribution in [-0.4, -0.2) is 23.9 Å². The van der Waals surface area contributed by atoms with Gasteiger partial charge in [-0.05, 0) is 54.1 Å². The predicted octanol–water partition coefficient (Wildman–Crippen LogP) is 4.42. The number of hydrogen-bond acceptors (Lipinski definition) is 4. The lowest BCUT2D eigenvalue weighted by Crippen LogP contribution is -2.21. The van der Waals surface area contributed by atoms with E-state index in [-0.39, 0.29) is 17.4 Å². The number of anilines is 2. The van der Waals surface area contributed by atoms with Crippen molar-refractivity contribution >= 4 is 51.2 Å². The Hall–Kier alpha value is -3.78. The minimum Gasteiger partial charge on any atom is -0.326 e. The van der Waals surface area contributed by atoms with Crippen molar-refractivity contribution in [2.75, 3.05) is 10.6 Å². The van der Waals surface area contributed by atoms with Crippen LogP contribution in [0.3, 0.4) is 0 Å². The summed E-state index contributed by atoms with van der Waals surface area (Å²) in [5.74, 6) is -0.937. The second-order valence-electron chi connectivity index (χ2n) is 6.51. The average Bonchev–Trinajstić information content (AvgIpc) is 2.75. The Bertz CT molecular complexity index is 1130. The standard InChI is InChI=1S/C23H19BrN4O3/c1-15(29)26-19-12-6-16(7-13-19)14-25-28-23(31)20-4-2-3-5-21(20)27-22(30)17-8-10-18(24)11-9-17/h2-14H,1H3,(H,26,29)(H,27,30)(H,28,31)/b25-14-. The molecular weight excluding hydrogens is 460 g/mol. The Kier molecular flexibility index (Phi) is 7.29. The largest absolute Gasteiger partial charge is 0.326 e. The first-order valence-corrected chi connectivity index (χ1v) is 10.1. The second kappa shape index (κ2) is 10.3. The Morgan fingerprint density at radius 3 is 2.19 bits per heavy atom. The molecule has 0 saturated heterocycles. The molecule has 7 nitrogen and oxygen atoms in total. The van der Waals surface area contributed by atoms with E-state index in [1.54, 1.807) is 72.8 Å². The number of hydrazone groups is 1. The van der Waals surface area contributed by atoms with Gasteiger partial charge in [0.25, 0.3) is 11.8 Å². The zero-order chi connectivity index (χ0) is 22.2. The number of para-hydroxylation sites is 1. The van der Waals surface area contributed by atoms with Crippen molar-refractivity contribution in [1.82, 2.24) is 5.43 Å². The summed E-state index contributed by atoms with van der Waals surface area (Å²) in [4.78, 5) is 36.1. The van der Waals surface area contributed by atoms with Gasteiger partial charge >= 0.3 is 0 Å². The lowest BCUT2D eigenvalue weighted by molar-refractivity contribution is -0.114. The SMILES string of the molecule is CC(=O)Nc1ccc(/C=N\NC(=O)c2ccccc2NC(=O)c2ccc(Br)cc2)cc1. The highest BCUT2D eigenvalue weighted by Gasteiger charge is 2.13. The van der Waals surface area contributed by atoms with Crippen molar-refractivity contribution < 1.29 is 14.4 Å². The van der Waals surface area contributed by atoms with E-state index < -0.39 is 5.91 Å². The number of nitrogens with zero attached hydrogens (tertiary/aromatic N) is 1. The zero-order valence-corrected chi connectivity index (χ0v) is 18.1. The molecule has 3 amide bonds. The number of rotatable bonds is 6. The molecule has 0 aliphatic heterocycles. The molecule has 31 heavy (non-hydrogen) atoms. The smallest absolute Gasteiger partial charge is 0.273 e. The molecule has 0 aromatic heterocycles. The number of halogens is 1. The fourth-order valence-electron chi connectivity index (χ4n) is 2.67. The summed E-state index contributed by atoms with van der Waals surface area (Å²) in [6.45, 7) is 1.43. The molecular formula is C23H19BrN4O3. The number of amides is 3. The molecule has 0 spiro atoms. The maximum atomic E-state index is 12.6. The van der Waals surface area contributed by atoms with Crippen LogP contribution in [0.15, 0.2) is 82.4 Å². The summed E-state index contributed by atoms with van der Waals surface area (Å²) in [5.41, 5.74) is 5.00. The van der Waals surface area contributed by atoms with Gasteiger partial charge in [0.15, 0.2) is 0 Å². The lowest BCUT2D eigenvalue weighted by atomic mass is 10.1. The minimum atomic E-state index is -0.460. The lowest BCUT2D eigenvalue weighted by Gasteiger charge is -2.10. The first-order valence-electron chi connectivity index (χ1n) is 9.29. The van der Waals surface area contributed by atoms with Gasteiger partial charge in [0, 0.05) is 22.6 Å². The predicted molar refractivity (Wildman–Crippen MR) is 124 cm³/mol. The van der Waals surface area contributed by atoms with Gasteiger partial charge in [-0.25, -0.2) is 5.43 Å². The van der Waals surface area contributed by atoms with E-state index in [0.29, 0.717) is 16.9 Å². The molecule has 0 atom stereocenters. The quantitative estimate of drug-likeness (QED) is 0.361. The first kappa shape index (κ1) is 21.9. The molecule has 0 fully saturated rings. The third kappa shape index (κ3) is 6.35. The van der Waals surface area contributed by atoms with Crippen molar-refractivity contribution in [2.24, 2.45) is 5.10 Å². The molecule has 3 N–H and O–H groups in total. The van der Waals surface area contributed by atoms with Crippen LogP contribution in [0.1, 0.15) is 33.2 Å². The molecule has 0 aliphatic rings. The molecule has 3 aromatic rings. The maximum absolute atomic E-state index is 12.6. The molecule has 8 heteroatoms. The third-order valence-electron chi connectivity index (χ3n) is 4.14. The Balaban J connectivity index is 1.65. The van der Waals surface area contributed by atoms with Gasteiger partial charge in [0.05, 0.1) is 17.5 Å². The van der Waals surface area contributed by atoms with Crippen LogP contribution in [0.5, 0.6) is 0 Å². The van der Waals surface area contributed by atoms with Crippen LogP contribution in [0, 0.1) is 0 Å². The third-order valence-corrected chi connectivity index (χ3v) is 4.67. The zero-order valence-electron chi connectivity index (χ0n) is 16.6. The molecule has 0 radical (unpaired) electrons. The van der Waals surface area contributed by atoms with Crippen molar-refractivity contribution in [2.45, 2.75) is 6.92 Å². The van der Waals surface area contributed by atoms with E-state index in [4.69, 9.17) is 0 Å². The van der Waals surface area contributed by atoms with Crippen LogP contribution < -0.4 is 16.1 Å². The molecule has 0 aliphatic carbocycles. The number of carbonyl (C=O) groups excluding carboxylic acids is 3. The fourth-order valence-corrected chi connectivity index (χ4v) is 2.93. The van der Waals surface area contributed by atoms with E-state index in [9.17, 15) is 14.4 Å². The van der Waals surface area contributed by atoms with Gasteiger partial charge in [-0.15, -0.1) is 0 Å². The van der Waals surface area contributed by atoms with Crippen molar-refractivity contribution in [1.29, 1.82) is 0 Å². The average molecular weight is 479 g/mol. The molecule has 3 aromatic carbocycles. The normalized spacial score (nSPS) is 10.5. The van der Waals surface area contributed by atoms with Gasteiger partial charge in [-0.2, -0.15) is 5.10 Å². The van der Waals surface area contributed by atoms with E-state index in [0.717, 1.165) is 10.0 Å². The summed E-state index contributed by atoms with van der Waals surface area (Å²) in [6, 6.07) is 20.6. The number of nitrogens with one attached hydrogen (secondary N) is 3. The van der Waals surface area contributed by atoms with E-state index in [2.05, 4.69) is 37.1 Å². The highest BCUT2D eigenvalue weighted by Crippen LogP contribution is 2.17. The van der Waals surface area contributed by atoms with Gasteiger partial charge in [0.1, 0.15) is 0 Å². The summed E-state index contributed by atoms with van der Waals surface area (Å²) in [6.07, 6.45) is 1.48. The molecule has 156 valence electrons. The van der Waals surface area contributed by atoms with Crippen LogP contribution in [0.25, 0.3) is 0 Å². The van der Waals surface area contributed by atoms with Gasteiger partial charge in [-0.3, -0.25) is 14.4 Å². The van der Waals surface area contributed by atoms with Gasteiger partial charge in [0.2, 0.25) is 5.91 Å². The first-order chi connectivity index (χ1) is 14.9. The van der Waals surface area contributed by atoms with Crippen LogP contribution >= 0.6 is 15.9 Å². The van der Waals surface area contributed by atoms with E-state index >= 15 is 0 Å². The second-order valence-corrected chi connectivity index (χ2v) is 7.42. The Labute approximate surface area is 187 Å². The number of hydrogen-bond donors (Lipinski definition) is 3. The molecule has 0 saturated carbocycles. The maximum Gasteiger partial charge on any atom is 0.273 e. The molecule has 3 rings (SSSR count).